The molecule has 2 amide bonds. The number of anilines is 1. The van der Waals surface area contributed by atoms with E-state index >= 15 is 0 Å². The Morgan fingerprint density at radius 2 is 2.20 bits per heavy atom. The first kappa shape index (κ1) is 18.8. The van der Waals surface area contributed by atoms with Gasteiger partial charge in [-0.15, -0.1) is 0 Å². The maximum atomic E-state index is 12.7. The van der Waals surface area contributed by atoms with E-state index in [0.29, 0.717) is 25.4 Å². The fraction of sp³-hybridized carbons (Fsp3) is 0.444. The summed E-state index contributed by atoms with van der Waals surface area (Å²) >= 11 is 0. The van der Waals surface area contributed by atoms with Gasteiger partial charge in [0, 0.05) is 19.9 Å². The number of carbonyl (C=O) groups is 1. The largest absolute Gasteiger partial charge is 0.497 e. The Morgan fingerprint density at radius 3 is 2.88 bits per heavy atom. The molecule has 1 aromatic heterocycles. The van der Waals surface area contributed by atoms with E-state index in [1.165, 1.54) is 0 Å². The van der Waals surface area contributed by atoms with Gasteiger partial charge in [0.05, 0.1) is 38.2 Å². The number of methoxy groups -OCH3 is 2. The van der Waals surface area contributed by atoms with Gasteiger partial charge in [0.25, 0.3) is 0 Å². The Labute approximate surface area is 148 Å². The molecule has 2 aromatic rings. The average Bonchev–Trinajstić information content (AvgIpc) is 3.07. The minimum Gasteiger partial charge on any atom is -0.497 e. The second-order valence-corrected chi connectivity index (χ2v) is 5.65. The molecule has 0 aliphatic rings. The van der Waals surface area contributed by atoms with Crippen LogP contribution in [0.15, 0.2) is 36.7 Å². The van der Waals surface area contributed by atoms with Gasteiger partial charge in [-0.2, -0.15) is 5.10 Å². The number of aromatic nitrogens is 2. The van der Waals surface area contributed by atoms with Crippen LogP contribution in [0.5, 0.6) is 5.75 Å². The lowest BCUT2D eigenvalue weighted by Crippen LogP contribution is -2.36. The van der Waals surface area contributed by atoms with Gasteiger partial charge in [0.1, 0.15) is 5.75 Å². The third-order valence-corrected chi connectivity index (χ3v) is 4.05. The molecule has 7 heteroatoms. The Bertz CT molecular complexity index is 686. The number of amides is 2. The molecule has 0 unspecified atom stereocenters. The van der Waals surface area contributed by atoms with Gasteiger partial charge in [0.2, 0.25) is 0 Å². The summed E-state index contributed by atoms with van der Waals surface area (Å²) in [4.78, 5) is 14.4. The van der Waals surface area contributed by atoms with Crippen LogP contribution in [-0.2, 0) is 11.3 Å². The van der Waals surface area contributed by atoms with E-state index in [4.69, 9.17) is 9.47 Å². The quantitative estimate of drug-likeness (QED) is 0.797. The molecule has 0 saturated heterocycles. The number of nitrogens with one attached hydrogen (secondary N) is 1. The van der Waals surface area contributed by atoms with Crippen LogP contribution in [0.25, 0.3) is 0 Å². The molecule has 7 nitrogen and oxygen atoms in total. The number of carbonyl (C=O) groups excluding carboxylic acids is 1. The topological polar surface area (TPSA) is 68.6 Å². The summed E-state index contributed by atoms with van der Waals surface area (Å²) < 4.78 is 12.0. The maximum Gasteiger partial charge on any atom is 0.322 e. The SMILES string of the molecule is CCN(C(=O)Nc1cnn(CCOC)c1)[C@H](C)c1cccc(OC)c1. The van der Waals surface area contributed by atoms with Crippen molar-refractivity contribution < 1.29 is 14.3 Å². The zero-order chi connectivity index (χ0) is 18.2. The van der Waals surface area contributed by atoms with Crippen LogP contribution < -0.4 is 10.1 Å². The van der Waals surface area contributed by atoms with Gasteiger partial charge in [-0.3, -0.25) is 4.68 Å². The molecule has 0 saturated carbocycles. The first-order chi connectivity index (χ1) is 12.1. The molecule has 136 valence electrons. The highest BCUT2D eigenvalue weighted by atomic mass is 16.5. The zero-order valence-corrected chi connectivity index (χ0v) is 15.2. The van der Waals surface area contributed by atoms with E-state index in [1.807, 2.05) is 38.1 Å². The minimum atomic E-state index is -0.163. The highest BCUT2D eigenvalue weighted by molar-refractivity contribution is 5.89. The summed E-state index contributed by atoms with van der Waals surface area (Å²) in [5.74, 6) is 0.778. The smallest absolute Gasteiger partial charge is 0.322 e. The molecular formula is C18H26N4O3. The Balaban J connectivity index is 2.05. The van der Waals surface area contributed by atoms with Gasteiger partial charge < -0.3 is 19.7 Å². The fourth-order valence-electron chi connectivity index (χ4n) is 2.61. The Hall–Kier alpha value is -2.54. The van der Waals surface area contributed by atoms with E-state index in [9.17, 15) is 4.79 Å². The van der Waals surface area contributed by atoms with Crippen LogP contribution in [0.4, 0.5) is 10.5 Å². The maximum absolute atomic E-state index is 12.7. The number of nitrogens with zero attached hydrogens (tertiary/aromatic N) is 3. The summed E-state index contributed by atoms with van der Waals surface area (Å²) in [7, 11) is 3.28. The van der Waals surface area contributed by atoms with Gasteiger partial charge in [-0.1, -0.05) is 12.1 Å². The van der Waals surface area contributed by atoms with Crippen LogP contribution >= 0.6 is 0 Å². The Morgan fingerprint density at radius 1 is 1.40 bits per heavy atom. The molecule has 0 bridgehead atoms. The summed E-state index contributed by atoms with van der Waals surface area (Å²) in [5.41, 5.74) is 1.68. The second kappa shape index (κ2) is 9.08. The van der Waals surface area contributed by atoms with Crippen LogP contribution in [0.2, 0.25) is 0 Å². The standard InChI is InChI=1S/C18H26N4O3/c1-5-22(14(2)15-7-6-8-17(11-15)25-4)18(23)20-16-12-19-21(13-16)9-10-24-3/h6-8,11-14H,5,9-10H2,1-4H3,(H,20,23)/t14-/m1/s1. The molecule has 2 rings (SSSR count). The van der Waals surface area contributed by atoms with Crippen molar-refractivity contribution in [2.75, 3.05) is 32.7 Å². The minimum absolute atomic E-state index is 0.0800. The van der Waals surface area contributed by atoms with Gasteiger partial charge in [-0.25, -0.2) is 4.79 Å². The number of hydrogen-bond acceptors (Lipinski definition) is 4. The molecule has 0 fully saturated rings. The molecule has 1 atom stereocenters. The third kappa shape index (κ3) is 4.96. The highest BCUT2D eigenvalue weighted by Crippen LogP contribution is 2.24. The van der Waals surface area contributed by atoms with Crippen LogP contribution in [0.3, 0.4) is 0 Å². The molecule has 0 spiro atoms. The van der Waals surface area contributed by atoms with E-state index < -0.39 is 0 Å². The van der Waals surface area contributed by atoms with Crippen molar-refractivity contribution in [3.05, 3.63) is 42.2 Å². The first-order valence-electron chi connectivity index (χ1n) is 8.32. The third-order valence-electron chi connectivity index (χ3n) is 4.05. The molecule has 1 heterocycles. The average molecular weight is 346 g/mol. The number of rotatable bonds is 8. The van der Waals surface area contributed by atoms with E-state index in [1.54, 1.807) is 36.2 Å². The van der Waals surface area contributed by atoms with Gasteiger partial charge in [-0.05, 0) is 31.5 Å². The van der Waals surface area contributed by atoms with E-state index in [2.05, 4.69) is 10.4 Å². The lowest BCUT2D eigenvalue weighted by Gasteiger charge is -2.28. The molecule has 0 radical (unpaired) electrons. The van der Waals surface area contributed by atoms with Crippen LogP contribution in [0, 0.1) is 0 Å². The molecular weight excluding hydrogens is 320 g/mol. The number of benzene rings is 1. The van der Waals surface area contributed by atoms with Crippen molar-refractivity contribution in [2.24, 2.45) is 0 Å². The molecule has 0 aliphatic carbocycles. The van der Waals surface area contributed by atoms with Crippen LogP contribution in [0.1, 0.15) is 25.5 Å². The van der Waals surface area contributed by atoms with Crippen molar-refractivity contribution in [3.8, 4) is 5.75 Å². The Kier molecular flexibility index (Phi) is 6.82. The van der Waals surface area contributed by atoms with E-state index in [0.717, 1.165) is 11.3 Å². The van der Waals surface area contributed by atoms with Gasteiger partial charge in [0.15, 0.2) is 0 Å². The summed E-state index contributed by atoms with van der Waals surface area (Å²) in [6, 6.07) is 7.51. The predicted molar refractivity (Wildman–Crippen MR) is 96.9 cm³/mol. The first-order valence-corrected chi connectivity index (χ1v) is 8.32. The second-order valence-electron chi connectivity index (χ2n) is 5.65. The summed E-state index contributed by atoms with van der Waals surface area (Å²) in [5, 5.41) is 7.11. The van der Waals surface area contributed by atoms with Crippen molar-refractivity contribution in [3.63, 3.8) is 0 Å². The summed E-state index contributed by atoms with van der Waals surface area (Å²) in [6.07, 6.45) is 3.43. The zero-order valence-electron chi connectivity index (χ0n) is 15.2. The molecule has 25 heavy (non-hydrogen) atoms. The van der Waals surface area contributed by atoms with Gasteiger partial charge >= 0.3 is 6.03 Å². The van der Waals surface area contributed by atoms with Crippen molar-refractivity contribution >= 4 is 11.7 Å². The lowest BCUT2D eigenvalue weighted by molar-refractivity contribution is 0.183. The fourth-order valence-corrected chi connectivity index (χ4v) is 2.61. The normalized spacial score (nSPS) is 11.8. The lowest BCUT2D eigenvalue weighted by atomic mass is 10.1. The molecule has 1 aromatic carbocycles. The predicted octanol–water partition coefficient (Wildman–Crippen LogP) is 3.15. The molecule has 1 N–H and O–H groups in total. The van der Waals surface area contributed by atoms with Crippen LogP contribution in [-0.4, -0.2) is 48.1 Å². The van der Waals surface area contributed by atoms with Crippen molar-refractivity contribution in [2.45, 2.75) is 26.4 Å². The van der Waals surface area contributed by atoms with E-state index in [-0.39, 0.29) is 12.1 Å². The number of hydrogen-bond donors (Lipinski definition) is 1. The summed E-state index contributed by atoms with van der Waals surface area (Å²) in [6.45, 7) is 5.76. The number of urea groups is 1. The number of ether oxygens (including phenoxy) is 2. The monoisotopic (exact) mass is 346 g/mol. The van der Waals surface area contributed by atoms with Crippen molar-refractivity contribution in [1.29, 1.82) is 0 Å². The molecule has 0 aliphatic heterocycles. The van der Waals surface area contributed by atoms with Crippen molar-refractivity contribution in [1.82, 2.24) is 14.7 Å². The highest BCUT2D eigenvalue weighted by Gasteiger charge is 2.20.